The van der Waals surface area contributed by atoms with Crippen LogP contribution in [0.25, 0.3) is 11.2 Å². The van der Waals surface area contributed by atoms with Crippen LogP contribution in [0.15, 0.2) is 71.6 Å². The predicted octanol–water partition coefficient (Wildman–Crippen LogP) is 3.66. The van der Waals surface area contributed by atoms with Gasteiger partial charge in [0, 0.05) is 43.5 Å². The topological polar surface area (TPSA) is 173 Å². The minimum Gasteiger partial charge on any atom is -0.484 e. The van der Waals surface area contributed by atoms with Crippen molar-refractivity contribution < 1.29 is 18.7 Å². The predicted molar refractivity (Wildman–Crippen MR) is 202 cm³/mol. The van der Waals surface area contributed by atoms with E-state index in [1.165, 1.54) is 12.0 Å². The van der Waals surface area contributed by atoms with Gasteiger partial charge >= 0.3 is 0 Å². The molecule has 5 aromatic rings. The van der Waals surface area contributed by atoms with Crippen molar-refractivity contribution >= 4 is 52.1 Å². The first-order valence-corrected chi connectivity index (χ1v) is 18.8. The summed E-state index contributed by atoms with van der Waals surface area (Å²) < 4.78 is 18.5. The number of halogens is 1. The Balaban J connectivity index is 1.10. The fraction of sp³-hybridized carbons (Fsp3) is 0.405. The van der Waals surface area contributed by atoms with Gasteiger partial charge in [-0.05, 0) is 49.1 Å². The quantitative estimate of drug-likeness (QED) is 0.167. The van der Waals surface area contributed by atoms with Crippen LogP contribution in [0, 0.1) is 5.92 Å². The Morgan fingerprint density at radius 1 is 1.02 bits per heavy atom. The Kier molecular flexibility index (Phi) is 9.05. The smallest absolute Gasteiger partial charge is 0.295 e. The summed E-state index contributed by atoms with van der Waals surface area (Å²) in [6.07, 6.45) is 6.68. The number of aromatic nitrogens is 5. The van der Waals surface area contributed by atoms with Crippen LogP contribution in [0.3, 0.4) is 0 Å². The van der Waals surface area contributed by atoms with E-state index >= 15 is 0 Å². The average molecular weight is 754 g/mol. The lowest BCUT2D eigenvalue weighted by atomic mass is 9.98. The number of hydrogen-bond acceptors (Lipinski definition) is 14. The molecule has 1 unspecified atom stereocenters. The van der Waals surface area contributed by atoms with E-state index < -0.39 is 5.72 Å². The highest BCUT2D eigenvalue weighted by Crippen LogP contribution is 2.53. The first-order chi connectivity index (χ1) is 26.4. The molecule has 0 radical (unpaired) electrons. The normalized spacial score (nSPS) is 20.9. The molecule has 280 valence electrons. The second-order valence-corrected chi connectivity index (χ2v) is 14.6. The van der Waals surface area contributed by atoms with E-state index in [9.17, 15) is 4.79 Å². The van der Waals surface area contributed by atoms with Crippen molar-refractivity contribution in [2.45, 2.75) is 31.4 Å². The number of oxazole rings is 1. The molecular weight excluding hydrogens is 712 g/mol. The molecule has 9 rings (SSSR count). The molecule has 3 aromatic heterocycles. The zero-order chi connectivity index (χ0) is 36.7. The number of rotatable bonds is 11. The number of nitrogen functional groups attached to an aromatic ring is 1. The summed E-state index contributed by atoms with van der Waals surface area (Å²) in [5.74, 6) is 2.31. The Morgan fingerprint density at radius 3 is 2.56 bits per heavy atom. The van der Waals surface area contributed by atoms with E-state index in [0.29, 0.717) is 90.5 Å². The number of hydrazine groups is 1. The lowest BCUT2D eigenvalue weighted by Crippen LogP contribution is -2.75. The van der Waals surface area contributed by atoms with Crippen LogP contribution in [-0.4, -0.2) is 105 Å². The summed E-state index contributed by atoms with van der Waals surface area (Å²) in [4.78, 5) is 39.2. The molecular formula is C37H42ClN12O4+. The maximum absolute atomic E-state index is 13.7. The third-order valence-corrected chi connectivity index (χ3v) is 11.0. The standard InChI is InChI=1S/C37H42ClN12O4/c38-27-8-10-28(11-9-27)52-23-30(51)47-18-20-50(21-19-47,49(48-16-14-40-15-17-48)36-41-22-29-33(45-36)53-24-42-29)32-31-34(44-35(39)43-32)54-37(46-31,26-6-7-26)13-12-25-4-2-1-3-5-25/h1-5,8-11,22,24,26,40,46H,6-7,12-21,23H2,(H2,39,43,44)/q+1. The molecule has 0 bridgehead atoms. The molecule has 1 amide bonds. The number of ether oxygens (including phenoxy) is 2. The van der Waals surface area contributed by atoms with E-state index in [-0.39, 0.29) is 23.1 Å². The molecule has 17 heteroatoms. The maximum atomic E-state index is 13.7. The minimum absolute atomic E-state index is 0.0967. The van der Waals surface area contributed by atoms with Gasteiger partial charge in [0.15, 0.2) is 24.4 Å². The Hall–Kier alpha value is -5.29. The summed E-state index contributed by atoms with van der Waals surface area (Å²) in [5, 5.41) is 12.3. The summed E-state index contributed by atoms with van der Waals surface area (Å²) in [7, 11) is 0. The molecule has 1 atom stereocenters. The average Bonchev–Trinajstić information content (AvgIpc) is 3.85. The molecule has 4 aliphatic rings. The van der Waals surface area contributed by atoms with E-state index in [1.54, 1.807) is 30.5 Å². The third kappa shape index (κ3) is 6.59. The maximum Gasteiger partial charge on any atom is 0.295 e. The Bertz CT molecular complexity index is 2120. The molecule has 6 heterocycles. The summed E-state index contributed by atoms with van der Waals surface area (Å²) in [6, 6.07) is 17.4. The van der Waals surface area contributed by atoms with Gasteiger partial charge in [0.05, 0.1) is 19.3 Å². The van der Waals surface area contributed by atoms with Gasteiger partial charge in [0.25, 0.3) is 29.3 Å². The molecule has 2 saturated heterocycles. The molecule has 1 aliphatic carbocycles. The molecule has 16 nitrogen and oxygen atoms in total. The molecule has 1 saturated carbocycles. The van der Waals surface area contributed by atoms with Gasteiger partial charge in [-0.25, -0.2) is 9.97 Å². The largest absolute Gasteiger partial charge is 0.484 e. The number of hydrogen-bond donors (Lipinski definition) is 3. The van der Waals surface area contributed by atoms with Crippen molar-refractivity contribution in [1.82, 2.24) is 44.7 Å². The minimum atomic E-state index is -0.675. The number of nitrogens with two attached hydrogens (primary N) is 1. The van der Waals surface area contributed by atoms with Gasteiger partial charge in [-0.1, -0.05) is 41.9 Å². The first kappa shape index (κ1) is 34.5. The third-order valence-electron chi connectivity index (χ3n) is 10.7. The molecule has 0 spiro atoms. The van der Waals surface area contributed by atoms with Crippen LogP contribution in [0.5, 0.6) is 11.6 Å². The number of piperazine rings is 2. The van der Waals surface area contributed by atoms with Crippen LogP contribution in [0.1, 0.15) is 24.8 Å². The molecule has 3 fully saturated rings. The van der Waals surface area contributed by atoms with E-state index in [4.69, 9.17) is 46.2 Å². The number of fused-ring (bicyclic) bond motifs is 2. The number of carbonyl (C=O) groups excluding carboxylic acids is 1. The number of anilines is 3. The number of carbonyl (C=O) groups is 1. The number of nitrogens with zero attached hydrogens (tertiary/aromatic N) is 9. The molecule has 4 N–H and O–H groups in total. The van der Waals surface area contributed by atoms with Crippen LogP contribution in [-0.2, 0) is 11.2 Å². The van der Waals surface area contributed by atoms with Gasteiger partial charge < -0.3 is 35.2 Å². The second-order valence-electron chi connectivity index (χ2n) is 14.2. The zero-order valence-corrected chi connectivity index (χ0v) is 30.5. The monoisotopic (exact) mass is 753 g/mol. The number of nitrogens with one attached hydrogen (secondary N) is 2. The van der Waals surface area contributed by atoms with Gasteiger partial charge in [0.2, 0.25) is 5.95 Å². The first-order valence-electron chi connectivity index (χ1n) is 18.4. The van der Waals surface area contributed by atoms with E-state index in [2.05, 4.69) is 55.0 Å². The van der Waals surface area contributed by atoms with Crippen molar-refractivity contribution in [1.29, 1.82) is 0 Å². The van der Waals surface area contributed by atoms with Crippen molar-refractivity contribution in [2.75, 3.05) is 75.1 Å². The van der Waals surface area contributed by atoms with E-state index in [0.717, 1.165) is 38.8 Å². The van der Waals surface area contributed by atoms with Gasteiger partial charge in [-0.15, -0.1) is 9.71 Å². The lowest BCUT2D eigenvalue weighted by molar-refractivity contribution is -0.135. The molecule has 2 aromatic carbocycles. The van der Waals surface area contributed by atoms with Crippen molar-refractivity contribution in [2.24, 2.45) is 5.92 Å². The Labute approximate surface area is 316 Å². The van der Waals surface area contributed by atoms with Crippen molar-refractivity contribution in [3.63, 3.8) is 0 Å². The molecule has 54 heavy (non-hydrogen) atoms. The van der Waals surface area contributed by atoms with Crippen LogP contribution >= 0.6 is 11.6 Å². The van der Waals surface area contributed by atoms with Crippen LogP contribution in [0.2, 0.25) is 5.02 Å². The van der Waals surface area contributed by atoms with Crippen LogP contribution < -0.4 is 35.6 Å². The summed E-state index contributed by atoms with van der Waals surface area (Å²) in [6.45, 7) is 4.35. The SMILES string of the molecule is Nc1nc2c(c([N+]3(N(c4ncc5ncoc5n4)N4CCNCC4)CCN(C(=O)COc4ccc(Cl)cc4)CC3)n1)NC(CCc1ccccc1)(C1CC1)O2. The highest BCUT2D eigenvalue weighted by molar-refractivity contribution is 6.30. The summed E-state index contributed by atoms with van der Waals surface area (Å²) >= 11 is 6.05. The second kappa shape index (κ2) is 14.2. The Morgan fingerprint density at radius 2 is 1.80 bits per heavy atom. The highest BCUT2D eigenvalue weighted by atomic mass is 35.5. The zero-order valence-electron chi connectivity index (χ0n) is 29.7. The fourth-order valence-electron chi connectivity index (χ4n) is 7.81. The van der Waals surface area contributed by atoms with Crippen LogP contribution in [0.4, 0.5) is 23.4 Å². The highest BCUT2D eigenvalue weighted by Gasteiger charge is 2.57. The number of amides is 1. The fourth-order valence-corrected chi connectivity index (χ4v) is 7.93. The van der Waals surface area contributed by atoms with E-state index in [1.807, 2.05) is 11.0 Å². The number of benzene rings is 2. The number of aryl methyl sites for hydroxylation is 1. The van der Waals surface area contributed by atoms with Gasteiger partial charge in [0.1, 0.15) is 24.4 Å². The van der Waals surface area contributed by atoms with Crippen molar-refractivity contribution in [3.05, 3.63) is 77.8 Å². The lowest BCUT2D eigenvalue weighted by Gasteiger charge is -2.51. The number of quaternary nitrogens is 1. The summed E-state index contributed by atoms with van der Waals surface area (Å²) in [5.41, 5.74) is 8.75. The molecule has 3 aliphatic heterocycles. The van der Waals surface area contributed by atoms with Gasteiger partial charge in [-0.2, -0.15) is 20.0 Å². The van der Waals surface area contributed by atoms with Gasteiger partial charge in [-0.3, -0.25) is 4.79 Å². The van der Waals surface area contributed by atoms with Crippen molar-refractivity contribution in [3.8, 4) is 11.6 Å².